The van der Waals surface area contributed by atoms with Crippen molar-refractivity contribution in [1.29, 1.82) is 0 Å². The van der Waals surface area contributed by atoms with Gasteiger partial charge in [-0.3, -0.25) is 14.3 Å². The number of halogens is 1. The Labute approximate surface area is 220 Å². The highest BCUT2D eigenvalue weighted by Crippen LogP contribution is 2.20. The summed E-state index contributed by atoms with van der Waals surface area (Å²) in [7, 11) is -3.82. The van der Waals surface area contributed by atoms with Crippen molar-refractivity contribution in [3.8, 4) is 0 Å². The molecule has 0 fully saturated rings. The summed E-state index contributed by atoms with van der Waals surface area (Å²) < 4.78 is 28.3. The van der Waals surface area contributed by atoms with Crippen LogP contribution in [-0.4, -0.2) is 25.2 Å². The van der Waals surface area contributed by atoms with Gasteiger partial charge in [0.25, 0.3) is 21.8 Å². The van der Waals surface area contributed by atoms with Crippen molar-refractivity contribution in [2.24, 2.45) is 0 Å². The van der Waals surface area contributed by atoms with Crippen molar-refractivity contribution in [2.45, 2.75) is 4.90 Å². The number of sulfonamides is 1. The zero-order valence-corrected chi connectivity index (χ0v) is 21.7. The monoisotopic (exact) mass is 582 g/mol. The number of aromatic nitrogens is 1. The predicted molar refractivity (Wildman–Crippen MR) is 144 cm³/mol. The first-order valence-electron chi connectivity index (χ1n) is 10.5. The molecule has 1 heterocycles. The summed E-state index contributed by atoms with van der Waals surface area (Å²) in [6.07, 6.45) is 3.05. The van der Waals surface area contributed by atoms with E-state index in [-0.39, 0.29) is 15.7 Å². The van der Waals surface area contributed by atoms with Gasteiger partial charge in [-0.05, 0) is 60.2 Å². The van der Waals surface area contributed by atoms with E-state index >= 15 is 0 Å². The summed E-state index contributed by atoms with van der Waals surface area (Å²) in [5.41, 5.74) is 1.46. The highest BCUT2D eigenvalue weighted by molar-refractivity contribution is 9.10. The molecule has 4 aromatic rings. The second kappa shape index (κ2) is 11.3. The Balaban J connectivity index is 1.54. The summed E-state index contributed by atoms with van der Waals surface area (Å²) in [4.78, 5) is 29.8. The Morgan fingerprint density at radius 1 is 0.944 bits per heavy atom. The molecule has 11 heteroatoms. The number of rotatable bonds is 8. The van der Waals surface area contributed by atoms with Gasteiger partial charge >= 0.3 is 0 Å². The highest BCUT2D eigenvalue weighted by Gasteiger charge is 2.18. The van der Waals surface area contributed by atoms with Crippen LogP contribution in [0.25, 0.3) is 6.08 Å². The number of carbonyl (C=O) groups is 2. The summed E-state index contributed by atoms with van der Waals surface area (Å²) in [6.45, 7) is 0. The fourth-order valence-electron chi connectivity index (χ4n) is 3.07. The lowest BCUT2D eigenvalue weighted by molar-refractivity contribution is -0.113. The molecule has 0 saturated heterocycles. The third-order valence-corrected chi connectivity index (χ3v) is 7.43. The first-order valence-corrected chi connectivity index (χ1v) is 13.6. The molecule has 0 unspecified atom stereocenters. The lowest BCUT2D eigenvalue weighted by Gasteiger charge is -2.12. The molecule has 2 amide bonds. The molecule has 0 atom stereocenters. The smallest absolute Gasteiger partial charge is 0.272 e. The van der Waals surface area contributed by atoms with Crippen molar-refractivity contribution >= 4 is 66.0 Å². The normalized spacial score (nSPS) is 11.5. The number of hydrogen-bond acceptors (Lipinski definition) is 6. The maximum Gasteiger partial charge on any atom is 0.272 e. The Kier molecular flexibility index (Phi) is 7.93. The number of nitrogens with one attached hydrogen (secondary N) is 3. The van der Waals surface area contributed by atoms with E-state index in [2.05, 4.69) is 36.3 Å². The Morgan fingerprint density at radius 3 is 2.36 bits per heavy atom. The molecule has 0 aliphatic rings. The summed E-state index contributed by atoms with van der Waals surface area (Å²) in [6, 6.07) is 21.4. The van der Waals surface area contributed by atoms with E-state index in [0.29, 0.717) is 16.8 Å². The molecule has 0 aliphatic carbocycles. The summed E-state index contributed by atoms with van der Waals surface area (Å²) in [5, 5.41) is 7.28. The highest BCUT2D eigenvalue weighted by atomic mass is 79.9. The third kappa shape index (κ3) is 6.66. The van der Waals surface area contributed by atoms with E-state index < -0.39 is 21.8 Å². The van der Waals surface area contributed by atoms with Crippen molar-refractivity contribution in [3.63, 3.8) is 0 Å². The molecular weight excluding hydrogens is 564 g/mol. The average Bonchev–Trinajstić information content (AvgIpc) is 3.37. The van der Waals surface area contributed by atoms with E-state index in [9.17, 15) is 18.0 Å². The second-order valence-electron chi connectivity index (χ2n) is 7.35. The van der Waals surface area contributed by atoms with E-state index in [0.717, 1.165) is 15.8 Å². The molecule has 0 aliphatic heterocycles. The van der Waals surface area contributed by atoms with Crippen LogP contribution in [0.3, 0.4) is 0 Å². The van der Waals surface area contributed by atoms with Gasteiger partial charge in [0.15, 0.2) is 5.13 Å². The first-order chi connectivity index (χ1) is 17.3. The van der Waals surface area contributed by atoms with Crippen LogP contribution in [-0.2, 0) is 14.8 Å². The van der Waals surface area contributed by atoms with Crippen LogP contribution in [0.5, 0.6) is 0 Å². The molecule has 36 heavy (non-hydrogen) atoms. The number of carbonyl (C=O) groups excluding carboxylic acids is 2. The molecule has 0 spiro atoms. The average molecular weight is 583 g/mol. The first kappa shape index (κ1) is 25.3. The minimum atomic E-state index is -3.82. The predicted octanol–water partition coefficient (Wildman–Crippen LogP) is 5.12. The zero-order chi connectivity index (χ0) is 25.5. The van der Waals surface area contributed by atoms with Crippen molar-refractivity contribution in [3.05, 3.63) is 112 Å². The molecule has 8 nitrogen and oxygen atoms in total. The van der Waals surface area contributed by atoms with Crippen molar-refractivity contribution in [1.82, 2.24) is 10.3 Å². The largest absolute Gasteiger partial charge is 0.321 e. The zero-order valence-electron chi connectivity index (χ0n) is 18.5. The molecule has 3 N–H and O–H groups in total. The summed E-state index contributed by atoms with van der Waals surface area (Å²) >= 11 is 4.56. The molecule has 1 aromatic heterocycles. The topological polar surface area (TPSA) is 117 Å². The number of thiazole rings is 1. The van der Waals surface area contributed by atoms with Gasteiger partial charge in [0.05, 0.1) is 4.90 Å². The SMILES string of the molecule is O=C(Nc1ccc(S(=O)(=O)Nc2nccs2)cc1)C(=Cc1cccc(Br)c1)NC(=O)c1ccccc1. The molecule has 182 valence electrons. The molecule has 3 aromatic carbocycles. The minimum Gasteiger partial charge on any atom is -0.321 e. The molecule has 0 bridgehead atoms. The Hall–Kier alpha value is -3.80. The van der Waals surface area contributed by atoms with Crippen LogP contribution < -0.4 is 15.4 Å². The van der Waals surface area contributed by atoms with E-state index in [4.69, 9.17) is 0 Å². The lowest BCUT2D eigenvalue weighted by atomic mass is 10.1. The van der Waals surface area contributed by atoms with Gasteiger partial charge < -0.3 is 10.6 Å². The van der Waals surface area contributed by atoms with Crippen molar-refractivity contribution in [2.75, 3.05) is 10.0 Å². The summed E-state index contributed by atoms with van der Waals surface area (Å²) in [5.74, 6) is -1.02. The minimum absolute atomic E-state index is 0.0120. The molecule has 4 rings (SSSR count). The Morgan fingerprint density at radius 2 is 1.69 bits per heavy atom. The number of benzene rings is 3. The molecule has 0 saturated carbocycles. The maximum absolute atomic E-state index is 13.1. The van der Waals surface area contributed by atoms with Crippen LogP contribution in [0.1, 0.15) is 15.9 Å². The lowest BCUT2D eigenvalue weighted by Crippen LogP contribution is -2.30. The standard InChI is InChI=1S/C25H19BrN4O4S2/c26-19-8-4-5-17(15-19)16-22(29-23(31)18-6-2-1-3-7-18)24(32)28-20-9-11-21(12-10-20)36(33,34)30-25-27-13-14-35-25/h1-16H,(H,27,30)(H,28,32)(H,29,31). The van der Waals surface area contributed by atoms with Crippen LogP contribution in [0.4, 0.5) is 10.8 Å². The molecule has 0 radical (unpaired) electrons. The third-order valence-electron chi connectivity index (χ3n) is 4.76. The van der Waals surface area contributed by atoms with Crippen LogP contribution in [0.2, 0.25) is 0 Å². The fourth-order valence-corrected chi connectivity index (χ4v) is 5.27. The number of amides is 2. The van der Waals surface area contributed by atoms with Gasteiger partial charge in [0, 0.05) is 27.3 Å². The van der Waals surface area contributed by atoms with Gasteiger partial charge in [0.2, 0.25) is 0 Å². The Bertz CT molecular complexity index is 1510. The van der Waals surface area contributed by atoms with Gasteiger partial charge in [-0.15, -0.1) is 11.3 Å². The molecular formula is C25H19BrN4O4S2. The van der Waals surface area contributed by atoms with E-state index in [1.165, 1.54) is 30.5 Å². The quantitative estimate of drug-likeness (QED) is 0.249. The van der Waals surface area contributed by atoms with Gasteiger partial charge in [-0.25, -0.2) is 13.4 Å². The van der Waals surface area contributed by atoms with Gasteiger partial charge in [-0.2, -0.15) is 0 Å². The number of hydrogen-bond donors (Lipinski definition) is 3. The fraction of sp³-hybridized carbons (Fsp3) is 0. The van der Waals surface area contributed by atoms with Gasteiger partial charge in [0.1, 0.15) is 5.70 Å². The van der Waals surface area contributed by atoms with Crippen LogP contribution in [0, 0.1) is 0 Å². The number of nitrogens with zero attached hydrogens (tertiary/aromatic N) is 1. The van der Waals surface area contributed by atoms with Crippen LogP contribution >= 0.6 is 27.3 Å². The maximum atomic E-state index is 13.1. The number of anilines is 2. The van der Waals surface area contributed by atoms with Gasteiger partial charge in [-0.1, -0.05) is 46.3 Å². The second-order valence-corrected chi connectivity index (χ2v) is 10.8. The van der Waals surface area contributed by atoms with E-state index in [1.54, 1.807) is 53.9 Å². The van der Waals surface area contributed by atoms with Crippen molar-refractivity contribution < 1.29 is 18.0 Å². The van der Waals surface area contributed by atoms with Crippen LogP contribution in [0.15, 0.2) is 106 Å². The van der Waals surface area contributed by atoms with E-state index in [1.807, 2.05) is 12.1 Å².